The van der Waals surface area contributed by atoms with Crippen molar-refractivity contribution in [1.82, 2.24) is 4.90 Å². The van der Waals surface area contributed by atoms with Crippen molar-refractivity contribution in [3.63, 3.8) is 0 Å². The van der Waals surface area contributed by atoms with Crippen LogP contribution in [0.25, 0.3) is 0 Å². The second kappa shape index (κ2) is 5.61. The van der Waals surface area contributed by atoms with Gasteiger partial charge in [0.2, 0.25) is 0 Å². The van der Waals surface area contributed by atoms with E-state index in [4.69, 9.17) is 5.73 Å². The van der Waals surface area contributed by atoms with Crippen molar-refractivity contribution < 1.29 is 0 Å². The summed E-state index contributed by atoms with van der Waals surface area (Å²) in [4.78, 5) is 2.92. The first-order valence-corrected chi connectivity index (χ1v) is 9.04. The van der Waals surface area contributed by atoms with Crippen LogP contribution in [0.3, 0.4) is 0 Å². The number of fused-ring (bicyclic) bond motifs is 2. The lowest BCUT2D eigenvalue weighted by atomic mass is 9.68. The minimum atomic E-state index is 0.485. The van der Waals surface area contributed by atoms with Gasteiger partial charge >= 0.3 is 0 Å². The van der Waals surface area contributed by atoms with E-state index >= 15 is 0 Å². The molecule has 3 fully saturated rings. The summed E-state index contributed by atoms with van der Waals surface area (Å²) in [6.45, 7) is 7.31. The molecular formula is C18H34N2. The molecule has 2 bridgehead atoms. The highest BCUT2D eigenvalue weighted by atomic mass is 15.3. The van der Waals surface area contributed by atoms with Crippen LogP contribution in [-0.4, -0.2) is 29.1 Å². The van der Waals surface area contributed by atoms with Crippen LogP contribution in [0.1, 0.15) is 78.6 Å². The summed E-state index contributed by atoms with van der Waals surface area (Å²) in [5, 5.41) is 0. The van der Waals surface area contributed by atoms with E-state index in [2.05, 4.69) is 25.7 Å². The third-order valence-corrected chi connectivity index (χ3v) is 6.96. The molecule has 2 aliphatic heterocycles. The monoisotopic (exact) mass is 278 g/mol. The van der Waals surface area contributed by atoms with E-state index in [0.29, 0.717) is 11.5 Å². The summed E-state index contributed by atoms with van der Waals surface area (Å²) in [6.07, 6.45) is 12.5. The lowest BCUT2D eigenvalue weighted by molar-refractivity contribution is 0.0306. The van der Waals surface area contributed by atoms with Gasteiger partial charge in [-0.3, -0.25) is 4.90 Å². The van der Waals surface area contributed by atoms with Gasteiger partial charge < -0.3 is 5.73 Å². The normalized spacial score (nSPS) is 42.9. The van der Waals surface area contributed by atoms with Gasteiger partial charge in [0.15, 0.2) is 0 Å². The Hall–Kier alpha value is -0.0800. The predicted octanol–water partition coefficient (Wildman–Crippen LogP) is 3.94. The first-order chi connectivity index (χ1) is 9.51. The molecule has 0 aromatic rings. The van der Waals surface area contributed by atoms with Crippen molar-refractivity contribution in [1.29, 1.82) is 0 Å². The maximum Gasteiger partial charge on any atom is 0.0116 e. The number of hydrogen-bond acceptors (Lipinski definition) is 2. The minimum absolute atomic E-state index is 0.485. The molecule has 116 valence electrons. The van der Waals surface area contributed by atoms with Crippen molar-refractivity contribution in [3.8, 4) is 0 Å². The van der Waals surface area contributed by atoms with Gasteiger partial charge in [-0.15, -0.1) is 0 Å². The smallest absolute Gasteiger partial charge is 0.0116 e. The van der Waals surface area contributed by atoms with E-state index in [1.54, 1.807) is 0 Å². The standard InChI is InChI=1S/C18H34N2/c1-4-18(2,3)13-5-7-15(8-6-13)20-16-9-10-17(20)12-14(19)11-16/h13-17H,4-12,19H2,1-3H3. The molecular weight excluding hydrogens is 244 g/mol. The Morgan fingerprint density at radius 2 is 1.40 bits per heavy atom. The first kappa shape index (κ1) is 14.8. The Kier molecular flexibility index (Phi) is 4.16. The Bertz CT molecular complexity index is 316. The van der Waals surface area contributed by atoms with Crippen molar-refractivity contribution in [2.45, 2.75) is 103 Å². The van der Waals surface area contributed by atoms with Gasteiger partial charge in [0, 0.05) is 24.2 Å². The van der Waals surface area contributed by atoms with Gasteiger partial charge in [0.25, 0.3) is 0 Å². The molecule has 0 aromatic carbocycles. The number of nitrogens with two attached hydrogens (primary N) is 1. The van der Waals surface area contributed by atoms with E-state index in [0.717, 1.165) is 24.0 Å². The van der Waals surface area contributed by atoms with E-state index in [9.17, 15) is 0 Å². The Morgan fingerprint density at radius 1 is 0.900 bits per heavy atom. The zero-order valence-corrected chi connectivity index (χ0v) is 13.8. The van der Waals surface area contributed by atoms with E-state index in [1.165, 1.54) is 57.8 Å². The maximum atomic E-state index is 6.22. The van der Waals surface area contributed by atoms with Crippen LogP contribution in [0.4, 0.5) is 0 Å². The number of nitrogens with zero attached hydrogens (tertiary/aromatic N) is 1. The molecule has 2 N–H and O–H groups in total. The van der Waals surface area contributed by atoms with Crippen LogP contribution in [0.5, 0.6) is 0 Å². The van der Waals surface area contributed by atoms with Crippen LogP contribution in [-0.2, 0) is 0 Å². The lowest BCUT2D eigenvalue weighted by Gasteiger charge is -2.47. The maximum absolute atomic E-state index is 6.22. The third kappa shape index (κ3) is 2.66. The third-order valence-electron chi connectivity index (χ3n) is 6.96. The number of piperidine rings is 1. The molecule has 2 nitrogen and oxygen atoms in total. The van der Waals surface area contributed by atoms with Gasteiger partial charge in [-0.1, -0.05) is 27.2 Å². The average molecular weight is 278 g/mol. The molecule has 3 rings (SSSR count). The van der Waals surface area contributed by atoms with Crippen LogP contribution < -0.4 is 5.73 Å². The molecule has 2 atom stereocenters. The molecule has 0 aromatic heterocycles. The molecule has 2 heterocycles. The van der Waals surface area contributed by atoms with Gasteiger partial charge in [0.05, 0.1) is 0 Å². The van der Waals surface area contributed by atoms with Crippen LogP contribution >= 0.6 is 0 Å². The topological polar surface area (TPSA) is 29.3 Å². The van der Waals surface area contributed by atoms with Crippen molar-refractivity contribution in [2.24, 2.45) is 17.1 Å². The van der Waals surface area contributed by atoms with Crippen LogP contribution in [0, 0.1) is 11.3 Å². The fourth-order valence-corrected chi connectivity index (χ4v) is 5.30. The van der Waals surface area contributed by atoms with E-state index < -0.39 is 0 Å². The summed E-state index contributed by atoms with van der Waals surface area (Å²) in [5.41, 5.74) is 6.77. The molecule has 1 saturated carbocycles. The van der Waals surface area contributed by atoms with Crippen molar-refractivity contribution in [3.05, 3.63) is 0 Å². The molecule has 0 radical (unpaired) electrons. The zero-order chi connectivity index (χ0) is 14.3. The molecule has 2 heteroatoms. The fraction of sp³-hybridized carbons (Fsp3) is 1.00. The molecule has 0 amide bonds. The highest BCUT2D eigenvalue weighted by Gasteiger charge is 2.44. The fourth-order valence-electron chi connectivity index (χ4n) is 5.30. The Balaban J connectivity index is 1.59. The largest absolute Gasteiger partial charge is 0.328 e. The van der Waals surface area contributed by atoms with Crippen molar-refractivity contribution in [2.75, 3.05) is 0 Å². The van der Waals surface area contributed by atoms with Gasteiger partial charge in [-0.05, 0) is 62.7 Å². The van der Waals surface area contributed by atoms with E-state index in [1.807, 2.05) is 0 Å². The summed E-state index contributed by atoms with van der Waals surface area (Å²) in [6, 6.07) is 3.01. The van der Waals surface area contributed by atoms with Crippen molar-refractivity contribution >= 4 is 0 Å². The van der Waals surface area contributed by atoms with E-state index in [-0.39, 0.29) is 0 Å². The molecule has 2 saturated heterocycles. The lowest BCUT2D eigenvalue weighted by Crippen LogP contribution is -2.53. The average Bonchev–Trinajstić information content (AvgIpc) is 2.71. The molecule has 0 spiro atoms. The second-order valence-electron chi connectivity index (χ2n) is 8.41. The minimum Gasteiger partial charge on any atom is -0.328 e. The quantitative estimate of drug-likeness (QED) is 0.847. The Morgan fingerprint density at radius 3 is 1.90 bits per heavy atom. The molecule has 20 heavy (non-hydrogen) atoms. The summed E-state index contributed by atoms with van der Waals surface area (Å²) < 4.78 is 0. The van der Waals surface area contributed by atoms with Gasteiger partial charge in [-0.2, -0.15) is 0 Å². The number of rotatable bonds is 3. The summed E-state index contributed by atoms with van der Waals surface area (Å²) in [5.74, 6) is 0.952. The highest BCUT2D eigenvalue weighted by molar-refractivity contribution is 5.00. The van der Waals surface area contributed by atoms with Crippen LogP contribution in [0.2, 0.25) is 0 Å². The molecule has 3 aliphatic rings. The van der Waals surface area contributed by atoms with Crippen LogP contribution in [0.15, 0.2) is 0 Å². The second-order valence-corrected chi connectivity index (χ2v) is 8.41. The summed E-state index contributed by atoms with van der Waals surface area (Å²) in [7, 11) is 0. The first-order valence-electron chi connectivity index (χ1n) is 9.04. The van der Waals surface area contributed by atoms with Gasteiger partial charge in [0.1, 0.15) is 0 Å². The van der Waals surface area contributed by atoms with Gasteiger partial charge in [-0.25, -0.2) is 0 Å². The molecule has 2 unspecified atom stereocenters. The summed E-state index contributed by atoms with van der Waals surface area (Å²) >= 11 is 0. The number of hydrogen-bond donors (Lipinski definition) is 1. The predicted molar refractivity (Wildman–Crippen MR) is 85.7 cm³/mol. The molecule has 1 aliphatic carbocycles. The Labute approximate surface area is 125 Å². The highest BCUT2D eigenvalue weighted by Crippen LogP contribution is 2.45. The SMILES string of the molecule is CCC(C)(C)C1CCC(N2C3CCC2CC(N)C3)CC1. The zero-order valence-electron chi connectivity index (χ0n) is 13.8.